The van der Waals surface area contributed by atoms with Crippen molar-refractivity contribution in [2.45, 2.75) is 39.3 Å². The molecule has 0 aliphatic heterocycles. The summed E-state index contributed by atoms with van der Waals surface area (Å²) in [5.74, 6) is 0.484. The number of benzene rings is 3. The third kappa shape index (κ3) is 7.28. The van der Waals surface area contributed by atoms with E-state index >= 15 is 0 Å². The second kappa shape index (κ2) is 12.2. The number of amides is 1. The van der Waals surface area contributed by atoms with E-state index < -0.39 is 10.9 Å². The minimum atomic E-state index is -0.659. The molecule has 0 unspecified atom stereocenters. The van der Waals surface area contributed by atoms with Gasteiger partial charge in [-0.25, -0.2) is 5.43 Å². The number of hydrogen-bond donors (Lipinski definition) is 1. The van der Waals surface area contributed by atoms with Gasteiger partial charge in [0.05, 0.1) is 19.9 Å². The number of carbonyl (C=O) groups excluding carboxylic acids is 1. The maximum absolute atomic E-state index is 12.7. The maximum Gasteiger partial charge on any atom is 0.490 e. The number of rotatable bonds is 10. The van der Waals surface area contributed by atoms with Crippen molar-refractivity contribution in [3.63, 3.8) is 0 Å². The molecule has 0 aliphatic rings. The van der Waals surface area contributed by atoms with Crippen LogP contribution in [0.5, 0.6) is 11.5 Å². The Balaban J connectivity index is 1.36. The van der Waals surface area contributed by atoms with Crippen molar-refractivity contribution in [3.8, 4) is 11.5 Å². The van der Waals surface area contributed by atoms with E-state index in [1.807, 2.05) is 18.2 Å². The summed E-state index contributed by atoms with van der Waals surface area (Å²) >= 11 is 0. The first-order valence-corrected chi connectivity index (χ1v) is 12.5. The second-order valence-electron chi connectivity index (χ2n) is 10.0. The fraction of sp³-hybridized carbons (Fsp3) is 0.241. The Bertz CT molecular complexity index is 1520. The highest BCUT2D eigenvalue weighted by Gasteiger charge is 2.15. The van der Waals surface area contributed by atoms with Crippen LogP contribution in [-0.4, -0.2) is 38.9 Å². The molecule has 0 fully saturated rings. The molecule has 0 saturated heterocycles. The second-order valence-corrected chi connectivity index (χ2v) is 10.0. The smallest absolute Gasteiger partial charge is 0.490 e. The number of carbonyl (C=O) groups is 1. The van der Waals surface area contributed by atoms with Gasteiger partial charge in [-0.2, -0.15) is 9.78 Å². The summed E-state index contributed by atoms with van der Waals surface area (Å²) in [5, 5.41) is 18.8. The number of ether oxygens (including phenoxy) is 2. The molecule has 0 spiro atoms. The molecule has 1 aromatic heterocycles. The Morgan fingerprint density at radius 1 is 1.12 bits per heavy atom. The predicted molar refractivity (Wildman–Crippen MR) is 150 cm³/mol. The summed E-state index contributed by atoms with van der Waals surface area (Å²) in [4.78, 5) is 26.6. The first kappa shape index (κ1) is 28.0. The monoisotopic (exact) mass is 542 g/mol. The molecule has 40 heavy (non-hydrogen) atoms. The summed E-state index contributed by atoms with van der Waals surface area (Å²) in [6, 6.07) is 20.5. The number of hydrogen-bond acceptors (Lipinski definition) is 8. The topological polar surface area (TPSA) is 134 Å². The van der Waals surface area contributed by atoms with Gasteiger partial charge in [-0.3, -0.25) is 4.79 Å². The first-order chi connectivity index (χ1) is 19.1. The molecule has 0 saturated carbocycles. The van der Waals surface area contributed by atoms with Crippen LogP contribution in [0.4, 0.5) is 5.95 Å². The minimum Gasteiger partial charge on any atom is -0.496 e. The van der Waals surface area contributed by atoms with Crippen molar-refractivity contribution in [1.82, 2.24) is 20.2 Å². The number of methoxy groups -OCH3 is 1. The molecule has 206 valence electrons. The molecule has 0 aliphatic carbocycles. The molecular weight excluding hydrogens is 512 g/mol. The van der Waals surface area contributed by atoms with E-state index in [4.69, 9.17) is 9.47 Å². The highest BCUT2D eigenvalue weighted by atomic mass is 16.6. The lowest BCUT2D eigenvalue weighted by molar-refractivity contribution is -0.394. The van der Waals surface area contributed by atoms with E-state index in [1.165, 1.54) is 29.9 Å². The number of nitro groups is 1. The molecule has 3 aromatic carbocycles. The zero-order chi connectivity index (χ0) is 28.7. The normalized spacial score (nSPS) is 11.4. The molecule has 4 aromatic rings. The summed E-state index contributed by atoms with van der Waals surface area (Å²) < 4.78 is 12.6. The molecule has 1 heterocycles. The van der Waals surface area contributed by atoms with Crippen molar-refractivity contribution < 1.29 is 19.2 Å². The van der Waals surface area contributed by atoms with Crippen LogP contribution in [0.25, 0.3) is 0 Å². The molecule has 11 nitrogen and oxygen atoms in total. The van der Waals surface area contributed by atoms with Crippen LogP contribution in [0, 0.1) is 10.1 Å². The Hall–Kier alpha value is -5.06. The van der Waals surface area contributed by atoms with Gasteiger partial charge in [0, 0.05) is 16.2 Å². The lowest BCUT2D eigenvalue weighted by Gasteiger charge is -2.19. The average molecular weight is 543 g/mol. The number of nitrogens with zero attached hydrogens (tertiary/aromatic N) is 5. The lowest BCUT2D eigenvalue weighted by Crippen LogP contribution is -2.18. The van der Waals surface area contributed by atoms with Gasteiger partial charge in [-0.15, -0.1) is 0 Å². The minimum absolute atomic E-state index is 0.0711. The van der Waals surface area contributed by atoms with Crippen molar-refractivity contribution >= 4 is 18.1 Å². The molecule has 0 radical (unpaired) electrons. The lowest BCUT2D eigenvalue weighted by atomic mass is 9.87. The van der Waals surface area contributed by atoms with Crippen molar-refractivity contribution in [2.75, 3.05) is 7.11 Å². The van der Waals surface area contributed by atoms with Gasteiger partial charge in [-0.1, -0.05) is 50.0 Å². The fourth-order valence-corrected chi connectivity index (χ4v) is 3.87. The maximum atomic E-state index is 12.7. The molecule has 4 rings (SSSR count). The van der Waals surface area contributed by atoms with Gasteiger partial charge in [0.25, 0.3) is 5.91 Å². The molecule has 0 atom stereocenters. The van der Waals surface area contributed by atoms with E-state index in [2.05, 4.69) is 53.5 Å². The van der Waals surface area contributed by atoms with Gasteiger partial charge in [0.1, 0.15) is 18.1 Å². The highest BCUT2D eigenvalue weighted by Crippen LogP contribution is 2.25. The molecule has 0 bridgehead atoms. The largest absolute Gasteiger partial charge is 0.496 e. The van der Waals surface area contributed by atoms with E-state index in [0.29, 0.717) is 29.0 Å². The number of aromatic nitrogens is 3. The van der Waals surface area contributed by atoms with Gasteiger partial charge in [0.2, 0.25) is 6.33 Å². The van der Waals surface area contributed by atoms with Gasteiger partial charge < -0.3 is 19.6 Å². The van der Waals surface area contributed by atoms with Crippen molar-refractivity contribution in [1.29, 1.82) is 0 Å². The van der Waals surface area contributed by atoms with Crippen LogP contribution in [0.1, 0.15) is 53.4 Å². The summed E-state index contributed by atoms with van der Waals surface area (Å²) in [5.41, 5.74) is 6.53. The zero-order valence-electron chi connectivity index (χ0n) is 22.7. The third-order valence-corrected chi connectivity index (χ3v) is 6.02. The third-order valence-electron chi connectivity index (χ3n) is 6.02. The number of nitrogens with one attached hydrogen (secondary N) is 1. The van der Waals surface area contributed by atoms with Crippen LogP contribution in [0.15, 0.2) is 78.2 Å². The van der Waals surface area contributed by atoms with E-state index in [9.17, 15) is 14.9 Å². The highest BCUT2D eigenvalue weighted by molar-refractivity contribution is 5.95. The Labute approximate surface area is 231 Å². The van der Waals surface area contributed by atoms with Gasteiger partial charge in [-0.05, 0) is 69.5 Å². The van der Waals surface area contributed by atoms with Crippen molar-refractivity contribution in [3.05, 3.63) is 111 Å². The van der Waals surface area contributed by atoms with Gasteiger partial charge in [0.15, 0.2) is 0 Å². The zero-order valence-corrected chi connectivity index (χ0v) is 22.7. The number of hydrazone groups is 1. The molecule has 1 amide bonds. The molecular formula is C29H30N6O5. The van der Waals surface area contributed by atoms with Crippen LogP contribution < -0.4 is 14.9 Å². The standard InChI is InChI=1S/C29H30N6O5/c1-29(2,3)24-9-11-25(12-10-24)40-18-21-6-5-7-22(15-21)27(36)32-31-16-20-8-13-26(39-4)23(14-20)17-34-19-30-28(33-34)35(37)38/h5-16,19H,17-18H2,1-4H3,(H,32,36)/b31-16+. The predicted octanol–water partition coefficient (Wildman–Crippen LogP) is 4.88. The summed E-state index contributed by atoms with van der Waals surface area (Å²) in [6.07, 6.45) is 2.78. The van der Waals surface area contributed by atoms with E-state index in [-0.39, 0.29) is 17.9 Å². The Kier molecular flexibility index (Phi) is 8.53. The van der Waals surface area contributed by atoms with Gasteiger partial charge >= 0.3 is 5.95 Å². The van der Waals surface area contributed by atoms with E-state index in [0.717, 1.165) is 11.3 Å². The molecule has 1 N–H and O–H groups in total. The fourth-order valence-electron chi connectivity index (χ4n) is 3.87. The summed E-state index contributed by atoms with van der Waals surface area (Å²) in [6.45, 7) is 7.01. The first-order valence-electron chi connectivity index (χ1n) is 12.5. The van der Waals surface area contributed by atoms with Crippen molar-refractivity contribution in [2.24, 2.45) is 5.10 Å². The Morgan fingerprint density at radius 2 is 1.90 bits per heavy atom. The van der Waals surface area contributed by atoms with Crippen LogP contribution in [-0.2, 0) is 18.6 Å². The summed E-state index contributed by atoms with van der Waals surface area (Å²) in [7, 11) is 1.53. The SMILES string of the molecule is COc1ccc(/C=N/NC(=O)c2cccc(COc3ccc(C(C)(C)C)cc3)c2)cc1Cn1cnc([N+](=O)[O-])n1. The Morgan fingerprint density at radius 3 is 2.58 bits per heavy atom. The van der Waals surface area contributed by atoms with E-state index in [1.54, 1.807) is 36.4 Å². The van der Waals surface area contributed by atoms with Crippen LogP contribution >= 0.6 is 0 Å². The quantitative estimate of drug-likeness (QED) is 0.171. The molecule has 11 heteroatoms. The average Bonchev–Trinajstić information content (AvgIpc) is 3.41. The van der Waals surface area contributed by atoms with Crippen LogP contribution in [0.2, 0.25) is 0 Å². The van der Waals surface area contributed by atoms with Crippen LogP contribution in [0.3, 0.4) is 0 Å².